The van der Waals surface area contributed by atoms with Crippen molar-refractivity contribution in [1.82, 2.24) is 19.7 Å². The summed E-state index contributed by atoms with van der Waals surface area (Å²) in [5, 5.41) is 8.15. The molecule has 3 heterocycles. The van der Waals surface area contributed by atoms with Gasteiger partial charge in [0.2, 0.25) is 0 Å². The van der Waals surface area contributed by atoms with Gasteiger partial charge in [-0.25, -0.2) is 4.98 Å². The maximum absolute atomic E-state index is 5.78. The number of hydrogen-bond donors (Lipinski definition) is 0. The molecule has 1 aliphatic heterocycles. The van der Waals surface area contributed by atoms with Gasteiger partial charge in [-0.05, 0) is 26.7 Å². The van der Waals surface area contributed by atoms with Crippen molar-refractivity contribution in [3.63, 3.8) is 0 Å². The van der Waals surface area contributed by atoms with Crippen LogP contribution in [0.3, 0.4) is 0 Å². The topological polar surface area (TPSA) is 43.2 Å². The summed E-state index contributed by atoms with van der Waals surface area (Å²) in [6, 6.07) is 0.281. The lowest BCUT2D eigenvalue weighted by molar-refractivity contribution is -0.0136. The fourth-order valence-corrected chi connectivity index (χ4v) is 4.47. The van der Waals surface area contributed by atoms with E-state index >= 15 is 0 Å². The standard InChI is InChI=1S/C17H24N4OS/c1-11-16(12(2)20(3)19-11)15-9-22-7-6-21(15)8-14-10-23-17(18-14)13-4-5-13/h10,13,15H,4-9H2,1-3H3. The maximum Gasteiger partial charge on any atom is 0.0959 e. The van der Waals surface area contributed by atoms with Gasteiger partial charge in [0, 0.05) is 42.7 Å². The molecule has 0 radical (unpaired) electrons. The third-order valence-electron chi connectivity index (χ3n) is 5.00. The van der Waals surface area contributed by atoms with Crippen molar-refractivity contribution in [2.24, 2.45) is 7.05 Å². The minimum Gasteiger partial charge on any atom is -0.378 e. The molecule has 5 nitrogen and oxygen atoms in total. The number of nitrogens with zero attached hydrogens (tertiary/aromatic N) is 4. The van der Waals surface area contributed by atoms with Gasteiger partial charge in [0.05, 0.1) is 35.7 Å². The zero-order chi connectivity index (χ0) is 16.0. The van der Waals surface area contributed by atoms with Gasteiger partial charge in [-0.2, -0.15) is 5.10 Å². The second-order valence-electron chi connectivity index (χ2n) is 6.72. The van der Waals surface area contributed by atoms with Gasteiger partial charge < -0.3 is 4.74 Å². The fourth-order valence-electron chi connectivity index (χ4n) is 3.49. The van der Waals surface area contributed by atoms with Crippen molar-refractivity contribution < 1.29 is 4.74 Å². The van der Waals surface area contributed by atoms with Gasteiger partial charge in [-0.1, -0.05) is 0 Å². The van der Waals surface area contributed by atoms with Crippen LogP contribution in [0.15, 0.2) is 5.38 Å². The van der Waals surface area contributed by atoms with E-state index in [1.165, 1.54) is 34.8 Å². The summed E-state index contributed by atoms with van der Waals surface area (Å²) in [5.41, 5.74) is 4.88. The molecule has 0 amide bonds. The lowest BCUT2D eigenvalue weighted by Crippen LogP contribution is -2.39. The van der Waals surface area contributed by atoms with Gasteiger partial charge >= 0.3 is 0 Å². The molecule has 2 fully saturated rings. The molecule has 6 heteroatoms. The molecule has 0 spiro atoms. The van der Waals surface area contributed by atoms with Crippen LogP contribution in [0.5, 0.6) is 0 Å². The van der Waals surface area contributed by atoms with E-state index < -0.39 is 0 Å². The Morgan fingerprint density at radius 3 is 2.87 bits per heavy atom. The summed E-state index contributed by atoms with van der Waals surface area (Å²) in [5.74, 6) is 0.747. The van der Waals surface area contributed by atoms with Gasteiger partial charge in [-0.15, -0.1) is 11.3 Å². The molecule has 4 rings (SSSR count). The highest BCUT2D eigenvalue weighted by atomic mass is 32.1. The summed E-state index contributed by atoms with van der Waals surface area (Å²) in [4.78, 5) is 7.37. The van der Waals surface area contributed by atoms with E-state index in [1.807, 2.05) is 23.1 Å². The van der Waals surface area contributed by atoms with Gasteiger partial charge in [-0.3, -0.25) is 9.58 Å². The molecule has 1 saturated heterocycles. The molecule has 2 aromatic heterocycles. The smallest absolute Gasteiger partial charge is 0.0959 e. The second-order valence-corrected chi connectivity index (χ2v) is 7.61. The predicted molar refractivity (Wildman–Crippen MR) is 90.7 cm³/mol. The molecule has 1 atom stereocenters. The average molecular weight is 332 g/mol. The zero-order valence-corrected chi connectivity index (χ0v) is 14.9. The van der Waals surface area contributed by atoms with E-state index in [1.54, 1.807) is 0 Å². The third-order valence-corrected chi connectivity index (χ3v) is 6.05. The van der Waals surface area contributed by atoms with Crippen LogP contribution < -0.4 is 0 Å². The first-order valence-electron chi connectivity index (χ1n) is 8.39. The second kappa shape index (κ2) is 6.00. The first kappa shape index (κ1) is 15.3. The van der Waals surface area contributed by atoms with Crippen molar-refractivity contribution in [1.29, 1.82) is 0 Å². The van der Waals surface area contributed by atoms with E-state index in [9.17, 15) is 0 Å². The SMILES string of the molecule is Cc1nn(C)c(C)c1C1COCCN1Cc1csc(C2CC2)n1. The van der Waals surface area contributed by atoms with Crippen molar-refractivity contribution >= 4 is 11.3 Å². The van der Waals surface area contributed by atoms with Crippen molar-refractivity contribution in [2.45, 2.75) is 45.2 Å². The zero-order valence-electron chi connectivity index (χ0n) is 14.1. The largest absolute Gasteiger partial charge is 0.378 e. The monoisotopic (exact) mass is 332 g/mol. The van der Waals surface area contributed by atoms with Crippen molar-refractivity contribution in [3.05, 3.63) is 33.0 Å². The molecule has 1 unspecified atom stereocenters. The molecule has 1 saturated carbocycles. The van der Waals surface area contributed by atoms with E-state index in [0.29, 0.717) is 0 Å². The molecule has 124 valence electrons. The van der Waals surface area contributed by atoms with Crippen molar-refractivity contribution in [3.8, 4) is 0 Å². The highest BCUT2D eigenvalue weighted by Gasteiger charge is 2.31. The number of morpholine rings is 1. The number of aryl methyl sites for hydroxylation is 2. The molecule has 2 aromatic rings. The summed E-state index contributed by atoms with van der Waals surface area (Å²) >= 11 is 1.83. The summed E-state index contributed by atoms with van der Waals surface area (Å²) in [6.07, 6.45) is 2.64. The lowest BCUT2D eigenvalue weighted by atomic mass is 10.0. The van der Waals surface area contributed by atoms with E-state index in [4.69, 9.17) is 9.72 Å². The lowest BCUT2D eigenvalue weighted by Gasteiger charge is -2.35. The molecular formula is C17H24N4OS. The Morgan fingerprint density at radius 2 is 2.17 bits per heavy atom. The van der Waals surface area contributed by atoms with Gasteiger partial charge in [0.25, 0.3) is 0 Å². The van der Waals surface area contributed by atoms with Crippen LogP contribution in [0.2, 0.25) is 0 Å². The Bertz CT molecular complexity index is 704. The Labute approximate surface area is 141 Å². The summed E-state index contributed by atoms with van der Waals surface area (Å²) < 4.78 is 7.76. The van der Waals surface area contributed by atoms with Gasteiger partial charge in [0.1, 0.15) is 0 Å². The first-order valence-corrected chi connectivity index (χ1v) is 9.27. The average Bonchev–Trinajstić information content (AvgIpc) is 3.23. The number of aromatic nitrogens is 3. The summed E-state index contributed by atoms with van der Waals surface area (Å²) in [6.45, 7) is 7.65. The van der Waals surface area contributed by atoms with E-state index in [0.717, 1.165) is 37.9 Å². The maximum atomic E-state index is 5.78. The number of ether oxygens (including phenoxy) is 1. The number of thiazole rings is 1. The minimum atomic E-state index is 0.281. The Kier molecular flexibility index (Phi) is 3.99. The quantitative estimate of drug-likeness (QED) is 0.863. The van der Waals surface area contributed by atoms with Crippen LogP contribution >= 0.6 is 11.3 Å². The Balaban J connectivity index is 1.57. The number of hydrogen-bond acceptors (Lipinski definition) is 5. The predicted octanol–water partition coefficient (Wildman–Crippen LogP) is 2.94. The van der Waals surface area contributed by atoms with Crippen LogP contribution in [0.25, 0.3) is 0 Å². The molecular weight excluding hydrogens is 308 g/mol. The van der Waals surface area contributed by atoms with E-state index in [-0.39, 0.29) is 6.04 Å². The van der Waals surface area contributed by atoms with Crippen LogP contribution in [0.1, 0.15) is 52.5 Å². The number of rotatable bonds is 4. The Morgan fingerprint density at radius 1 is 1.35 bits per heavy atom. The minimum absolute atomic E-state index is 0.281. The highest BCUT2D eigenvalue weighted by Crippen LogP contribution is 2.41. The molecule has 2 aliphatic rings. The molecule has 0 aromatic carbocycles. The Hall–Kier alpha value is -1.24. The fraction of sp³-hybridized carbons (Fsp3) is 0.647. The highest BCUT2D eigenvalue weighted by molar-refractivity contribution is 7.09. The summed E-state index contributed by atoms with van der Waals surface area (Å²) in [7, 11) is 2.02. The molecule has 23 heavy (non-hydrogen) atoms. The third kappa shape index (κ3) is 2.95. The first-order chi connectivity index (χ1) is 11.1. The molecule has 0 bridgehead atoms. The van der Waals surface area contributed by atoms with Crippen molar-refractivity contribution in [2.75, 3.05) is 19.8 Å². The van der Waals surface area contributed by atoms with Crippen LogP contribution in [0, 0.1) is 13.8 Å². The van der Waals surface area contributed by atoms with Crippen LogP contribution in [0.4, 0.5) is 0 Å². The van der Waals surface area contributed by atoms with Crippen LogP contribution in [-0.4, -0.2) is 39.4 Å². The van der Waals surface area contributed by atoms with Gasteiger partial charge in [0.15, 0.2) is 0 Å². The normalized spacial score (nSPS) is 22.7. The molecule has 1 aliphatic carbocycles. The van der Waals surface area contributed by atoms with E-state index in [2.05, 4.69) is 29.2 Å². The van der Waals surface area contributed by atoms with Crippen LogP contribution in [-0.2, 0) is 18.3 Å². The molecule has 0 N–H and O–H groups in total.